The molecule has 0 aliphatic rings. The summed E-state index contributed by atoms with van der Waals surface area (Å²) in [5.41, 5.74) is -2.72. The standard InChI is InChI=1S/C7H10O7.3Na/c8-4(9)1-2-7(14,6(12)13)3-5(10)11;;;/h14H,1-3H2,(H,8,9)(H,10,11)(H,12,13);;;/q;3*+1/p-3/t7-;;;/m1.../s1. The van der Waals surface area contributed by atoms with Gasteiger partial charge in [-0.05, 0) is 12.8 Å². The predicted molar refractivity (Wildman–Crippen MR) is 33.8 cm³/mol. The topological polar surface area (TPSA) is 141 Å². The normalized spacial score (nSPS) is 11.8. The first-order valence-electron chi connectivity index (χ1n) is 3.61. The van der Waals surface area contributed by atoms with Crippen molar-refractivity contribution in [2.75, 3.05) is 0 Å². The molecule has 0 saturated heterocycles. The van der Waals surface area contributed by atoms with E-state index in [0.717, 1.165) is 0 Å². The Morgan fingerprint density at radius 1 is 0.941 bits per heavy atom. The summed E-state index contributed by atoms with van der Waals surface area (Å²) in [5.74, 6) is -5.46. The molecule has 0 unspecified atom stereocenters. The Morgan fingerprint density at radius 3 is 1.59 bits per heavy atom. The van der Waals surface area contributed by atoms with Crippen LogP contribution in [0.15, 0.2) is 0 Å². The van der Waals surface area contributed by atoms with Gasteiger partial charge in [0, 0.05) is 18.4 Å². The van der Waals surface area contributed by atoms with Crippen LogP contribution >= 0.6 is 0 Å². The van der Waals surface area contributed by atoms with E-state index < -0.39 is 42.8 Å². The van der Waals surface area contributed by atoms with E-state index in [1.54, 1.807) is 0 Å². The number of hydrogen-bond donors (Lipinski definition) is 1. The number of hydrogen-bond acceptors (Lipinski definition) is 7. The van der Waals surface area contributed by atoms with E-state index in [4.69, 9.17) is 5.11 Å². The van der Waals surface area contributed by atoms with Crippen molar-refractivity contribution >= 4 is 17.9 Å². The molecule has 0 saturated carbocycles. The quantitative estimate of drug-likeness (QED) is 0.473. The number of carbonyl (C=O) groups is 3. The minimum absolute atomic E-state index is 0. The van der Waals surface area contributed by atoms with Gasteiger partial charge in [-0.15, -0.1) is 0 Å². The Bertz CT molecular complexity index is 270. The Hall–Kier alpha value is 1.37. The van der Waals surface area contributed by atoms with Gasteiger partial charge in [-0.25, -0.2) is 0 Å². The summed E-state index contributed by atoms with van der Waals surface area (Å²) in [6.45, 7) is 0. The molecule has 0 heterocycles. The summed E-state index contributed by atoms with van der Waals surface area (Å²) in [4.78, 5) is 30.3. The number of rotatable bonds is 6. The SMILES string of the molecule is O=C([O-])CC[C@@](O)(CC(=O)[O-])C(=O)[O-].[Na+].[Na+].[Na+]. The summed E-state index contributed by atoms with van der Waals surface area (Å²) < 4.78 is 0. The van der Waals surface area contributed by atoms with Crippen LogP contribution in [0.1, 0.15) is 19.3 Å². The Balaban J connectivity index is -0.000000282. The zero-order chi connectivity index (χ0) is 11.4. The monoisotopic (exact) mass is 272 g/mol. The van der Waals surface area contributed by atoms with Crippen LogP contribution in [0.4, 0.5) is 0 Å². The second-order valence-electron chi connectivity index (χ2n) is 2.74. The van der Waals surface area contributed by atoms with Crippen LogP contribution in [0.5, 0.6) is 0 Å². The molecule has 0 aromatic heterocycles. The first-order chi connectivity index (χ1) is 6.28. The maximum absolute atomic E-state index is 10.3. The molecule has 1 atom stereocenters. The van der Waals surface area contributed by atoms with Gasteiger partial charge in [0.25, 0.3) is 0 Å². The Kier molecular flexibility index (Phi) is 19.6. The Morgan fingerprint density at radius 2 is 1.35 bits per heavy atom. The third kappa shape index (κ3) is 12.2. The number of carboxylic acids is 3. The van der Waals surface area contributed by atoms with E-state index in [0.29, 0.717) is 0 Å². The Labute approximate surface area is 164 Å². The van der Waals surface area contributed by atoms with E-state index in [1.807, 2.05) is 0 Å². The number of carboxylic acid groups (broad SMARTS) is 3. The molecule has 0 aromatic rings. The van der Waals surface area contributed by atoms with Crippen molar-refractivity contribution in [3.63, 3.8) is 0 Å². The molecular formula is C7H7Na3O7. The van der Waals surface area contributed by atoms with Crippen LogP contribution in [0.3, 0.4) is 0 Å². The first-order valence-corrected chi connectivity index (χ1v) is 3.61. The fourth-order valence-electron chi connectivity index (χ4n) is 0.810. The molecule has 0 aliphatic carbocycles. The first kappa shape index (κ1) is 26.8. The molecular weight excluding hydrogens is 265 g/mol. The van der Waals surface area contributed by atoms with Gasteiger partial charge >= 0.3 is 88.7 Å². The van der Waals surface area contributed by atoms with Gasteiger partial charge in [0.1, 0.15) is 5.60 Å². The van der Waals surface area contributed by atoms with Crippen molar-refractivity contribution in [2.24, 2.45) is 0 Å². The minimum Gasteiger partial charge on any atom is -0.550 e. The molecule has 10 heteroatoms. The van der Waals surface area contributed by atoms with E-state index in [9.17, 15) is 29.7 Å². The van der Waals surface area contributed by atoms with E-state index in [1.165, 1.54) is 0 Å². The zero-order valence-electron chi connectivity index (χ0n) is 10.0. The van der Waals surface area contributed by atoms with Gasteiger partial charge in [-0.1, -0.05) is 0 Å². The second-order valence-corrected chi connectivity index (χ2v) is 2.74. The van der Waals surface area contributed by atoms with Gasteiger partial charge in [-0.2, -0.15) is 0 Å². The van der Waals surface area contributed by atoms with Crippen LogP contribution in [0, 0.1) is 0 Å². The van der Waals surface area contributed by atoms with E-state index in [2.05, 4.69) is 0 Å². The summed E-state index contributed by atoms with van der Waals surface area (Å²) in [6.07, 6.45) is -2.80. The molecule has 0 bridgehead atoms. The average Bonchev–Trinajstić information content (AvgIpc) is 1.99. The second kappa shape index (κ2) is 12.4. The van der Waals surface area contributed by atoms with Crippen molar-refractivity contribution in [3.8, 4) is 0 Å². The maximum Gasteiger partial charge on any atom is 1.00 e. The van der Waals surface area contributed by atoms with Crippen molar-refractivity contribution in [2.45, 2.75) is 24.9 Å². The smallest absolute Gasteiger partial charge is 0.550 e. The molecule has 0 aromatic carbocycles. The van der Waals surface area contributed by atoms with Crippen LogP contribution < -0.4 is 104 Å². The summed E-state index contributed by atoms with van der Waals surface area (Å²) in [7, 11) is 0. The van der Waals surface area contributed by atoms with Crippen LogP contribution in [-0.2, 0) is 14.4 Å². The van der Waals surface area contributed by atoms with Crippen LogP contribution in [0.2, 0.25) is 0 Å². The van der Waals surface area contributed by atoms with Gasteiger partial charge < -0.3 is 34.8 Å². The summed E-state index contributed by atoms with van der Waals surface area (Å²) in [6, 6.07) is 0. The number of aliphatic hydroxyl groups is 1. The van der Waals surface area contributed by atoms with Gasteiger partial charge in [0.15, 0.2) is 0 Å². The molecule has 0 rings (SSSR count). The fraction of sp³-hybridized carbons (Fsp3) is 0.571. The predicted octanol–water partition coefficient (Wildman–Crippen LogP) is -13.9. The van der Waals surface area contributed by atoms with Gasteiger partial charge in [-0.3, -0.25) is 0 Å². The summed E-state index contributed by atoms with van der Waals surface area (Å²) >= 11 is 0. The largest absolute Gasteiger partial charge is 1.00 e. The third-order valence-electron chi connectivity index (χ3n) is 1.56. The van der Waals surface area contributed by atoms with Crippen molar-refractivity contribution in [3.05, 3.63) is 0 Å². The summed E-state index contributed by atoms with van der Waals surface area (Å²) in [5, 5.41) is 39.4. The zero-order valence-corrected chi connectivity index (χ0v) is 16.0. The molecule has 0 fully saturated rings. The van der Waals surface area contributed by atoms with Crippen LogP contribution in [0.25, 0.3) is 0 Å². The van der Waals surface area contributed by atoms with Crippen molar-refractivity contribution < 1.29 is 123 Å². The molecule has 0 amide bonds. The molecule has 0 spiro atoms. The number of carbonyl (C=O) groups excluding carboxylic acids is 3. The third-order valence-corrected chi connectivity index (χ3v) is 1.56. The van der Waals surface area contributed by atoms with E-state index in [-0.39, 0.29) is 88.7 Å². The molecule has 0 aliphatic heterocycles. The number of aliphatic carboxylic acids is 3. The maximum atomic E-state index is 10.3. The van der Waals surface area contributed by atoms with Crippen molar-refractivity contribution in [1.29, 1.82) is 0 Å². The van der Waals surface area contributed by atoms with Gasteiger partial charge in [0.05, 0.1) is 5.97 Å². The molecule has 0 radical (unpaired) electrons. The van der Waals surface area contributed by atoms with E-state index >= 15 is 0 Å². The minimum atomic E-state index is -2.72. The average molecular weight is 272 g/mol. The fourth-order valence-corrected chi connectivity index (χ4v) is 0.810. The van der Waals surface area contributed by atoms with Gasteiger partial charge in [0.2, 0.25) is 0 Å². The molecule has 1 N–H and O–H groups in total. The molecule has 80 valence electrons. The van der Waals surface area contributed by atoms with Crippen molar-refractivity contribution in [1.82, 2.24) is 0 Å². The molecule has 17 heavy (non-hydrogen) atoms. The molecule has 7 nitrogen and oxygen atoms in total. The van der Waals surface area contributed by atoms with Crippen LogP contribution in [-0.4, -0.2) is 28.6 Å².